The Bertz CT molecular complexity index is 972. The van der Waals surface area contributed by atoms with Gasteiger partial charge >= 0.3 is 5.97 Å². The molecule has 1 heterocycles. The molecule has 2 N–H and O–H groups in total. The van der Waals surface area contributed by atoms with E-state index < -0.39 is 0 Å². The standard InChI is InChI=1S/C22H24N2O4/c1-4-28-22(25)17-14-24-18-8-6-5-7-16(18)21(17)23-12-11-15-9-10-19(26-2)20(13-15)27-3/h5-10,13-14H,4,11-12H2,1-3H3,(H,23,24)/p+1. The molecule has 0 radical (unpaired) electrons. The molecule has 0 aliphatic heterocycles. The summed E-state index contributed by atoms with van der Waals surface area (Å²) in [5.74, 6) is 1.05. The number of benzene rings is 2. The van der Waals surface area contributed by atoms with E-state index in [1.807, 2.05) is 42.5 Å². The molecular weight excluding hydrogens is 356 g/mol. The van der Waals surface area contributed by atoms with Crippen LogP contribution < -0.4 is 19.8 Å². The number of aromatic amines is 1. The minimum atomic E-state index is -0.349. The maximum Gasteiger partial charge on any atom is 0.346 e. The van der Waals surface area contributed by atoms with Crippen molar-refractivity contribution in [2.75, 3.05) is 32.7 Å². The molecule has 0 aliphatic carbocycles. The Hall–Kier alpha value is -3.28. The number of carbonyl (C=O) groups excluding carboxylic acids is 1. The fourth-order valence-corrected chi connectivity index (χ4v) is 3.12. The molecular formula is C22H25N2O4+. The number of nitrogens with one attached hydrogen (secondary N) is 2. The van der Waals surface area contributed by atoms with Crippen molar-refractivity contribution < 1.29 is 24.0 Å². The van der Waals surface area contributed by atoms with E-state index in [2.05, 4.69) is 10.3 Å². The number of carbonyl (C=O) groups is 1. The molecule has 6 nitrogen and oxygen atoms in total. The summed E-state index contributed by atoms with van der Waals surface area (Å²) >= 11 is 0. The molecule has 6 heteroatoms. The van der Waals surface area contributed by atoms with Gasteiger partial charge in [-0.25, -0.2) is 9.78 Å². The zero-order valence-electron chi connectivity index (χ0n) is 16.4. The molecule has 0 unspecified atom stereocenters. The van der Waals surface area contributed by atoms with Gasteiger partial charge in [-0.05, 0) is 37.1 Å². The predicted octanol–water partition coefficient (Wildman–Crippen LogP) is 3.50. The lowest BCUT2D eigenvalue weighted by atomic mass is 10.1. The first-order chi connectivity index (χ1) is 13.7. The zero-order chi connectivity index (χ0) is 19.9. The van der Waals surface area contributed by atoms with Crippen molar-refractivity contribution >= 4 is 22.6 Å². The van der Waals surface area contributed by atoms with E-state index in [1.54, 1.807) is 27.3 Å². The summed E-state index contributed by atoms with van der Waals surface area (Å²) in [4.78, 5) is 15.5. The van der Waals surface area contributed by atoms with Gasteiger partial charge in [-0.1, -0.05) is 18.2 Å². The third-order valence-electron chi connectivity index (χ3n) is 4.50. The predicted molar refractivity (Wildman–Crippen MR) is 108 cm³/mol. The van der Waals surface area contributed by atoms with Crippen molar-refractivity contribution in [2.45, 2.75) is 13.3 Å². The number of hydrogen-bond acceptors (Lipinski definition) is 5. The maximum atomic E-state index is 12.4. The summed E-state index contributed by atoms with van der Waals surface area (Å²) < 4.78 is 15.9. The topological polar surface area (TPSA) is 70.9 Å². The second-order valence-corrected chi connectivity index (χ2v) is 6.21. The molecule has 3 rings (SSSR count). The number of anilines is 1. The third-order valence-corrected chi connectivity index (χ3v) is 4.50. The van der Waals surface area contributed by atoms with E-state index in [9.17, 15) is 4.79 Å². The van der Waals surface area contributed by atoms with Gasteiger partial charge in [-0.15, -0.1) is 0 Å². The van der Waals surface area contributed by atoms with Crippen LogP contribution in [-0.4, -0.2) is 33.3 Å². The van der Waals surface area contributed by atoms with Crippen LogP contribution in [0, 0.1) is 0 Å². The normalized spacial score (nSPS) is 10.5. The van der Waals surface area contributed by atoms with Crippen molar-refractivity contribution in [3.05, 3.63) is 59.8 Å². The average molecular weight is 381 g/mol. The summed E-state index contributed by atoms with van der Waals surface area (Å²) in [7, 11) is 3.24. The van der Waals surface area contributed by atoms with Crippen LogP contribution in [0.15, 0.2) is 48.7 Å². The van der Waals surface area contributed by atoms with Gasteiger partial charge in [0.2, 0.25) is 5.52 Å². The molecule has 0 fully saturated rings. The second kappa shape index (κ2) is 9.08. The fraction of sp³-hybridized carbons (Fsp3) is 0.273. The second-order valence-electron chi connectivity index (χ2n) is 6.21. The summed E-state index contributed by atoms with van der Waals surface area (Å²) in [5, 5.41) is 4.36. The smallest absolute Gasteiger partial charge is 0.346 e. The number of aromatic nitrogens is 1. The van der Waals surface area contributed by atoms with Gasteiger partial charge in [0.15, 0.2) is 17.7 Å². The number of methoxy groups -OCH3 is 2. The molecule has 3 aromatic rings. The molecule has 0 saturated carbocycles. The molecule has 0 amide bonds. The number of esters is 1. The van der Waals surface area contributed by atoms with Gasteiger partial charge in [0.1, 0.15) is 5.56 Å². The zero-order valence-corrected chi connectivity index (χ0v) is 16.4. The quantitative estimate of drug-likeness (QED) is 0.605. The van der Waals surface area contributed by atoms with Crippen molar-refractivity contribution in [3.63, 3.8) is 0 Å². The lowest BCUT2D eigenvalue weighted by molar-refractivity contribution is -0.344. The highest BCUT2D eigenvalue weighted by Gasteiger charge is 2.19. The lowest BCUT2D eigenvalue weighted by Gasteiger charge is -2.13. The largest absolute Gasteiger partial charge is 0.493 e. The van der Waals surface area contributed by atoms with Gasteiger partial charge in [0.25, 0.3) is 0 Å². The molecule has 146 valence electrons. The molecule has 0 spiro atoms. The summed E-state index contributed by atoms with van der Waals surface area (Å²) in [5.41, 5.74) is 3.32. The third kappa shape index (κ3) is 4.17. The first kappa shape index (κ1) is 19.5. The number of pyridine rings is 1. The molecule has 0 bridgehead atoms. The van der Waals surface area contributed by atoms with E-state index in [0.29, 0.717) is 30.2 Å². The Labute approximate surface area is 164 Å². The molecule has 0 atom stereocenters. The highest BCUT2D eigenvalue weighted by Crippen LogP contribution is 2.28. The number of rotatable bonds is 8. The number of fused-ring (bicyclic) bond motifs is 1. The van der Waals surface area contributed by atoms with Gasteiger partial charge < -0.3 is 19.5 Å². The highest BCUT2D eigenvalue weighted by atomic mass is 16.5. The van der Waals surface area contributed by atoms with Crippen LogP contribution in [0.5, 0.6) is 11.5 Å². The lowest BCUT2D eigenvalue weighted by Crippen LogP contribution is -2.17. The number of hydrogen-bond donors (Lipinski definition) is 1. The minimum absolute atomic E-state index is 0.330. The van der Waals surface area contributed by atoms with Crippen molar-refractivity contribution in [2.24, 2.45) is 0 Å². The van der Waals surface area contributed by atoms with E-state index in [0.717, 1.165) is 28.6 Å². The number of para-hydroxylation sites is 1. The first-order valence-electron chi connectivity index (χ1n) is 9.23. The van der Waals surface area contributed by atoms with Gasteiger partial charge in [0, 0.05) is 12.6 Å². The molecule has 0 aliphatic rings. The molecule has 0 saturated heterocycles. The Morgan fingerprint density at radius 3 is 2.61 bits per heavy atom. The van der Waals surface area contributed by atoms with E-state index >= 15 is 0 Å². The van der Waals surface area contributed by atoms with Gasteiger partial charge in [-0.3, -0.25) is 0 Å². The maximum absolute atomic E-state index is 12.4. The fourth-order valence-electron chi connectivity index (χ4n) is 3.12. The molecule has 28 heavy (non-hydrogen) atoms. The van der Waals surface area contributed by atoms with Crippen LogP contribution in [0.4, 0.5) is 5.69 Å². The monoisotopic (exact) mass is 381 g/mol. The van der Waals surface area contributed by atoms with E-state index in [4.69, 9.17) is 14.2 Å². The van der Waals surface area contributed by atoms with Gasteiger partial charge in [-0.2, -0.15) is 0 Å². The first-order valence-corrected chi connectivity index (χ1v) is 9.23. The summed E-state index contributed by atoms with van der Waals surface area (Å²) in [6.07, 6.45) is 2.45. The Morgan fingerprint density at radius 2 is 1.86 bits per heavy atom. The van der Waals surface area contributed by atoms with Crippen molar-refractivity contribution in [1.82, 2.24) is 0 Å². The average Bonchev–Trinajstić information content (AvgIpc) is 2.73. The Balaban J connectivity index is 1.83. The highest BCUT2D eigenvalue weighted by molar-refractivity contribution is 6.03. The van der Waals surface area contributed by atoms with Crippen LogP contribution in [-0.2, 0) is 11.2 Å². The Morgan fingerprint density at radius 1 is 1.07 bits per heavy atom. The van der Waals surface area contributed by atoms with Gasteiger partial charge in [0.05, 0.1) is 31.9 Å². The van der Waals surface area contributed by atoms with E-state index in [1.165, 1.54) is 0 Å². The van der Waals surface area contributed by atoms with Crippen molar-refractivity contribution in [1.29, 1.82) is 0 Å². The van der Waals surface area contributed by atoms with Crippen LogP contribution in [0.3, 0.4) is 0 Å². The number of H-pyrrole nitrogens is 1. The van der Waals surface area contributed by atoms with Crippen LogP contribution in [0.25, 0.3) is 10.9 Å². The Kier molecular flexibility index (Phi) is 6.32. The number of ether oxygens (including phenoxy) is 3. The SMILES string of the molecule is CCOC(=O)c1c[nH+]c2ccccc2c1NCCc1ccc(OC)c(OC)c1. The van der Waals surface area contributed by atoms with E-state index in [-0.39, 0.29) is 5.97 Å². The minimum Gasteiger partial charge on any atom is -0.493 e. The summed E-state index contributed by atoms with van der Waals surface area (Å²) in [6, 6.07) is 13.7. The van der Waals surface area contributed by atoms with Crippen LogP contribution in [0.1, 0.15) is 22.8 Å². The molecule has 2 aromatic carbocycles. The summed E-state index contributed by atoms with van der Waals surface area (Å²) in [6.45, 7) is 2.78. The molecule has 1 aromatic heterocycles. The van der Waals surface area contributed by atoms with Crippen LogP contribution >= 0.6 is 0 Å². The van der Waals surface area contributed by atoms with Crippen molar-refractivity contribution in [3.8, 4) is 11.5 Å². The van der Waals surface area contributed by atoms with Crippen LogP contribution in [0.2, 0.25) is 0 Å².